The second-order valence-electron chi connectivity index (χ2n) is 5.96. The lowest BCUT2D eigenvalue weighted by atomic mass is 9.93. The number of aromatic amines is 1. The summed E-state index contributed by atoms with van der Waals surface area (Å²) in [7, 11) is 0. The molecule has 0 aliphatic carbocycles. The molecule has 1 heterocycles. The van der Waals surface area contributed by atoms with Crippen LogP contribution in [-0.4, -0.2) is 15.2 Å². The Bertz CT molecular complexity index is 894. The van der Waals surface area contributed by atoms with Crippen LogP contribution in [0, 0.1) is 11.3 Å². The van der Waals surface area contributed by atoms with Crippen molar-refractivity contribution in [3.8, 4) is 17.5 Å². The highest BCUT2D eigenvalue weighted by atomic mass is 79.9. The van der Waals surface area contributed by atoms with E-state index < -0.39 is 0 Å². The van der Waals surface area contributed by atoms with E-state index in [9.17, 15) is 0 Å². The molecule has 0 spiro atoms. The van der Waals surface area contributed by atoms with E-state index in [4.69, 9.17) is 5.26 Å². The van der Waals surface area contributed by atoms with Crippen LogP contribution < -0.4 is 5.32 Å². The first-order valence-corrected chi connectivity index (χ1v) is 8.23. The number of nitrogens with zero attached hydrogens (tertiary/aromatic N) is 3. The highest BCUT2D eigenvalue weighted by molar-refractivity contribution is 9.10. The number of halogens is 1. The van der Waals surface area contributed by atoms with E-state index in [0.717, 1.165) is 21.3 Å². The van der Waals surface area contributed by atoms with Crippen molar-refractivity contribution in [2.45, 2.75) is 19.4 Å². The van der Waals surface area contributed by atoms with Crippen molar-refractivity contribution < 1.29 is 0 Å². The zero-order valence-electron chi connectivity index (χ0n) is 13.3. The van der Waals surface area contributed by atoms with E-state index in [1.807, 2.05) is 42.5 Å². The van der Waals surface area contributed by atoms with E-state index in [2.05, 4.69) is 56.3 Å². The van der Waals surface area contributed by atoms with Crippen molar-refractivity contribution in [3.05, 3.63) is 64.4 Å². The van der Waals surface area contributed by atoms with Gasteiger partial charge in [-0.3, -0.25) is 5.10 Å². The van der Waals surface area contributed by atoms with Crippen molar-refractivity contribution in [3.63, 3.8) is 0 Å². The van der Waals surface area contributed by atoms with Crippen LogP contribution in [0.25, 0.3) is 11.4 Å². The van der Waals surface area contributed by atoms with Gasteiger partial charge in [0.25, 0.3) is 0 Å². The summed E-state index contributed by atoms with van der Waals surface area (Å²) in [5, 5.41) is 19.4. The van der Waals surface area contributed by atoms with Gasteiger partial charge >= 0.3 is 0 Å². The molecule has 0 amide bonds. The summed E-state index contributed by atoms with van der Waals surface area (Å²) < 4.78 is 0.907. The third-order valence-corrected chi connectivity index (χ3v) is 4.42. The van der Waals surface area contributed by atoms with Crippen LogP contribution >= 0.6 is 15.9 Å². The fourth-order valence-corrected chi connectivity index (χ4v) is 3.48. The quantitative estimate of drug-likeness (QED) is 0.699. The van der Waals surface area contributed by atoms with Gasteiger partial charge in [-0.05, 0) is 43.7 Å². The molecule has 2 aromatic carbocycles. The van der Waals surface area contributed by atoms with E-state index >= 15 is 0 Å². The Hall–Kier alpha value is -2.65. The van der Waals surface area contributed by atoms with Gasteiger partial charge in [-0.1, -0.05) is 34.1 Å². The molecule has 6 heteroatoms. The third kappa shape index (κ3) is 3.31. The minimum Gasteiger partial charge on any atom is -0.376 e. The van der Waals surface area contributed by atoms with Crippen LogP contribution in [0.4, 0.5) is 5.69 Å². The van der Waals surface area contributed by atoms with Gasteiger partial charge in [-0.2, -0.15) is 10.4 Å². The lowest BCUT2D eigenvalue weighted by Gasteiger charge is -2.29. The number of anilines is 1. The topological polar surface area (TPSA) is 77.4 Å². The van der Waals surface area contributed by atoms with E-state index in [1.165, 1.54) is 0 Å². The molecule has 0 aliphatic heterocycles. The maximum atomic E-state index is 9.01. The van der Waals surface area contributed by atoms with Crippen LogP contribution in [-0.2, 0) is 5.54 Å². The van der Waals surface area contributed by atoms with Crippen LogP contribution in [0.15, 0.2) is 53.3 Å². The van der Waals surface area contributed by atoms with Crippen LogP contribution in [0.2, 0.25) is 0 Å². The van der Waals surface area contributed by atoms with Crippen LogP contribution in [0.1, 0.15) is 25.0 Å². The maximum absolute atomic E-state index is 9.01. The Morgan fingerprint density at radius 3 is 2.71 bits per heavy atom. The molecule has 3 rings (SSSR count). The molecule has 0 unspecified atom stereocenters. The van der Waals surface area contributed by atoms with E-state index in [1.54, 1.807) is 6.33 Å². The fourth-order valence-electron chi connectivity index (χ4n) is 2.60. The third-order valence-electron chi connectivity index (χ3n) is 3.76. The SMILES string of the molecule is CC(C)(Nc1cccc(-c2nc[nH]n2)c1)c1ccc(C#N)cc1Br. The van der Waals surface area contributed by atoms with Crippen molar-refractivity contribution in [2.75, 3.05) is 5.32 Å². The molecular formula is C18H16BrN5. The molecule has 0 bridgehead atoms. The van der Waals surface area contributed by atoms with Gasteiger partial charge in [0.1, 0.15) is 6.33 Å². The summed E-state index contributed by atoms with van der Waals surface area (Å²) in [6.07, 6.45) is 1.56. The van der Waals surface area contributed by atoms with Crippen LogP contribution in [0.3, 0.4) is 0 Å². The fraction of sp³-hybridized carbons (Fsp3) is 0.167. The molecule has 1 aromatic heterocycles. The second kappa shape index (κ2) is 6.46. The minimum absolute atomic E-state index is 0.329. The monoisotopic (exact) mass is 381 g/mol. The number of H-pyrrole nitrogens is 1. The average Bonchev–Trinajstić information content (AvgIpc) is 3.08. The summed E-state index contributed by atoms with van der Waals surface area (Å²) in [6.45, 7) is 4.19. The number of hydrogen-bond acceptors (Lipinski definition) is 4. The molecule has 2 N–H and O–H groups in total. The lowest BCUT2D eigenvalue weighted by Crippen LogP contribution is -2.28. The number of nitriles is 1. The van der Waals surface area contributed by atoms with Gasteiger partial charge in [0.05, 0.1) is 17.2 Å². The Balaban J connectivity index is 1.90. The number of nitrogens with one attached hydrogen (secondary N) is 2. The zero-order chi connectivity index (χ0) is 17.2. The van der Waals surface area contributed by atoms with Gasteiger partial charge in [0.2, 0.25) is 0 Å². The largest absolute Gasteiger partial charge is 0.376 e. The van der Waals surface area contributed by atoms with Crippen LogP contribution in [0.5, 0.6) is 0 Å². The lowest BCUT2D eigenvalue weighted by molar-refractivity contribution is 0.606. The molecule has 120 valence electrons. The number of aromatic nitrogens is 3. The molecule has 0 aliphatic rings. The molecular weight excluding hydrogens is 366 g/mol. The van der Waals surface area contributed by atoms with Gasteiger partial charge in [0, 0.05) is 15.7 Å². The van der Waals surface area contributed by atoms with Gasteiger partial charge < -0.3 is 5.32 Å². The van der Waals surface area contributed by atoms with Crippen molar-refractivity contribution >= 4 is 21.6 Å². The highest BCUT2D eigenvalue weighted by Gasteiger charge is 2.23. The van der Waals surface area contributed by atoms with Gasteiger partial charge in [-0.15, -0.1) is 0 Å². The molecule has 0 fully saturated rings. The standard InChI is InChI=1S/C18H16BrN5/c1-18(2,15-7-6-12(10-20)8-16(15)19)23-14-5-3-4-13(9-14)17-21-11-22-24-17/h3-9,11,23H,1-2H3,(H,21,22,24). The molecule has 3 aromatic rings. The first-order chi connectivity index (χ1) is 11.5. The summed E-state index contributed by atoms with van der Waals surface area (Å²) in [5.41, 5.74) is 3.29. The first kappa shape index (κ1) is 16.2. The Kier molecular flexibility index (Phi) is 4.36. The predicted molar refractivity (Wildman–Crippen MR) is 97.3 cm³/mol. The summed E-state index contributed by atoms with van der Waals surface area (Å²) in [4.78, 5) is 4.18. The zero-order valence-corrected chi connectivity index (χ0v) is 14.9. The van der Waals surface area contributed by atoms with E-state index in [0.29, 0.717) is 11.4 Å². The number of benzene rings is 2. The summed E-state index contributed by atoms with van der Waals surface area (Å²) in [5.74, 6) is 0.663. The number of hydrogen-bond donors (Lipinski definition) is 2. The summed E-state index contributed by atoms with van der Waals surface area (Å²) >= 11 is 3.57. The van der Waals surface area contributed by atoms with Crippen molar-refractivity contribution in [2.24, 2.45) is 0 Å². The minimum atomic E-state index is -0.329. The molecule has 24 heavy (non-hydrogen) atoms. The Morgan fingerprint density at radius 1 is 1.21 bits per heavy atom. The Morgan fingerprint density at radius 2 is 2.04 bits per heavy atom. The van der Waals surface area contributed by atoms with Gasteiger partial charge in [0.15, 0.2) is 5.82 Å². The smallest absolute Gasteiger partial charge is 0.180 e. The highest BCUT2D eigenvalue weighted by Crippen LogP contribution is 2.32. The summed E-state index contributed by atoms with van der Waals surface area (Å²) in [6, 6.07) is 15.7. The molecule has 0 saturated carbocycles. The first-order valence-electron chi connectivity index (χ1n) is 7.44. The van der Waals surface area contributed by atoms with Gasteiger partial charge in [-0.25, -0.2) is 4.98 Å². The van der Waals surface area contributed by atoms with E-state index in [-0.39, 0.29) is 5.54 Å². The molecule has 0 radical (unpaired) electrons. The number of rotatable bonds is 4. The van der Waals surface area contributed by atoms with Crippen molar-refractivity contribution in [1.29, 1.82) is 5.26 Å². The Labute approximate surface area is 148 Å². The normalized spacial score (nSPS) is 11.1. The molecule has 0 atom stereocenters. The molecule has 0 saturated heterocycles. The maximum Gasteiger partial charge on any atom is 0.180 e. The molecule has 5 nitrogen and oxygen atoms in total. The average molecular weight is 382 g/mol. The second-order valence-corrected chi connectivity index (χ2v) is 6.81. The predicted octanol–water partition coefficient (Wildman–Crippen LogP) is 4.45. The van der Waals surface area contributed by atoms with Crippen molar-refractivity contribution in [1.82, 2.24) is 15.2 Å².